The molecule has 13 heavy (non-hydrogen) atoms. The van der Waals surface area contributed by atoms with Crippen molar-refractivity contribution in [3.05, 3.63) is 12.2 Å². The molecule has 0 radical (unpaired) electrons. The highest BCUT2D eigenvalue weighted by Gasteiger charge is 2.53. The van der Waals surface area contributed by atoms with Gasteiger partial charge in [0.05, 0.1) is 6.10 Å². The monoisotopic (exact) mass is 182 g/mol. The minimum Gasteiger partial charge on any atom is -0.455 e. The van der Waals surface area contributed by atoms with E-state index in [9.17, 15) is 9.90 Å². The zero-order valence-corrected chi connectivity index (χ0v) is 7.75. The molecule has 3 atom stereocenters. The van der Waals surface area contributed by atoms with Crippen LogP contribution in [0.25, 0.3) is 0 Å². The van der Waals surface area contributed by atoms with Gasteiger partial charge in [0.2, 0.25) is 0 Å². The Morgan fingerprint density at radius 2 is 2.38 bits per heavy atom. The number of hydrogen-bond donors (Lipinski definition) is 1. The molecule has 3 nitrogen and oxygen atoms in total. The summed E-state index contributed by atoms with van der Waals surface area (Å²) in [4.78, 5) is 11.2. The molecule has 3 unspecified atom stereocenters. The SMILES string of the molecule is C=C1CC2(CCC(O)C2C)OC1=O. The van der Waals surface area contributed by atoms with Crippen LogP contribution < -0.4 is 0 Å². The lowest BCUT2D eigenvalue weighted by Gasteiger charge is -2.27. The van der Waals surface area contributed by atoms with E-state index >= 15 is 0 Å². The maximum absolute atomic E-state index is 11.2. The molecule has 3 heteroatoms. The smallest absolute Gasteiger partial charge is 0.334 e. The summed E-state index contributed by atoms with van der Waals surface area (Å²) < 4.78 is 5.31. The second-order valence-corrected chi connectivity index (χ2v) is 4.13. The molecule has 0 aromatic rings. The van der Waals surface area contributed by atoms with Crippen molar-refractivity contribution in [2.45, 2.75) is 37.9 Å². The summed E-state index contributed by atoms with van der Waals surface area (Å²) in [7, 11) is 0. The third kappa shape index (κ3) is 1.10. The maximum atomic E-state index is 11.2. The van der Waals surface area contributed by atoms with E-state index in [2.05, 4.69) is 6.58 Å². The van der Waals surface area contributed by atoms with Gasteiger partial charge >= 0.3 is 5.97 Å². The minimum absolute atomic E-state index is 0.0377. The van der Waals surface area contributed by atoms with Gasteiger partial charge in [-0.15, -0.1) is 0 Å². The van der Waals surface area contributed by atoms with Gasteiger partial charge in [-0.1, -0.05) is 13.5 Å². The first-order valence-corrected chi connectivity index (χ1v) is 4.64. The number of esters is 1. The molecule has 1 N–H and O–H groups in total. The number of ether oxygens (including phenoxy) is 1. The molecule has 0 bridgehead atoms. The highest BCUT2D eigenvalue weighted by atomic mass is 16.6. The summed E-state index contributed by atoms with van der Waals surface area (Å²) in [5.74, 6) is -0.253. The Labute approximate surface area is 77.4 Å². The lowest BCUT2D eigenvalue weighted by molar-refractivity contribution is -0.150. The fraction of sp³-hybridized carbons (Fsp3) is 0.700. The quantitative estimate of drug-likeness (QED) is 0.449. The summed E-state index contributed by atoms with van der Waals surface area (Å²) in [5, 5.41) is 9.57. The number of rotatable bonds is 0. The number of carbonyl (C=O) groups is 1. The highest BCUT2D eigenvalue weighted by molar-refractivity contribution is 5.90. The predicted octanol–water partition coefficient (Wildman–Crippen LogP) is 1.02. The van der Waals surface area contributed by atoms with Crippen molar-refractivity contribution in [2.24, 2.45) is 5.92 Å². The van der Waals surface area contributed by atoms with Crippen LogP contribution in [0.4, 0.5) is 0 Å². The van der Waals surface area contributed by atoms with Crippen LogP contribution in [0, 0.1) is 5.92 Å². The average molecular weight is 182 g/mol. The van der Waals surface area contributed by atoms with Gasteiger partial charge in [0.1, 0.15) is 5.60 Å². The van der Waals surface area contributed by atoms with E-state index in [-0.39, 0.29) is 18.0 Å². The van der Waals surface area contributed by atoms with Crippen molar-refractivity contribution in [1.29, 1.82) is 0 Å². The van der Waals surface area contributed by atoms with Gasteiger partial charge in [-0.3, -0.25) is 0 Å². The van der Waals surface area contributed by atoms with Crippen molar-refractivity contribution in [3.8, 4) is 0 Å². The van der Waals surface area contributed by atoms with Crippen LogP contribution in [0.1, 0.15) is 26.2 Å². The predicted molar refractivity (Wildman–Crippen MR) is 47.0 cm³/mol. The molecule has 2 fully saturated rings. The van der Waals surface area contributed by atoms with Crippen LogP contribution in [0.2, 0.25) is 0 Å². The van der Waals surface area contributed by atoms with Gasteiger partial charge in [-0.25, -0.2) is 4.79 Å². The number of carbonyl (C=O) groups excluding carboxylic acids is 1. The molecule has 1 aliphatic heterocycles. The molecule has 1 saturated heterocycles. The number of aliphatic hydroxyl groups excluding tert-OH is 1. The van der Waals surface area contributed by atoms with E-state index in [1.165, 1.54) is 0 Å². The third-order valence-electron chi connectivity index (χ3n) is 3.37. The summed E-state index contributed by atoms with van der Waals surface area (Å²) in [6.07, 6.45) is 1.74. The zero-order chi connectivity index (χ0) is 9.64. The minimum atomic E-state index is -0.437. The lowest BCUT2D eigenvalue weighted by Crippen LogP contribution is -2.34. The molecule has 0 aromatic carbocycles. The normalized spacial score (nSPS) is 44.5. The third-order valence-corrected chi connectivity index (χ3v) is 3.37. The fourth-order valence-corrected chi connectivity index (χ4v) is 2.34. The first kappa shape index (κ1) is 8.75. The first-order chi connectivity index (χ1) is 6.05. The summed E-state index contributed by atoms with van der Waals surface area (Å²) in [6.45, 7) is 5.59. The van der Waals surface area contributed by atoms with Crippen molar-refractivity contribution in [3.63, 3.8) is 0 Å². The van der Waals surface area contributed by atoms with Gasteiger partial charge in [0, 0.05) is 17.9 Å². The van der Waals surface area contributed by atoms with Gasteiger partial charge in [0.25, 0.3) is 0 Å². The maximum Gasteiger partial charge on any atom is 0.334 e. The number of aliphatic hydroxyl groups is 1. The van der Waals surface area contributed by atoms with Crippen molar-refractivity contribution in [2.75, 3.05) is 0 Å². The Kier molecular flexibility index (Phi) is 1.74. The Balaban J connectivity index is 2.24. The molecule has 1 spiro atoms. The van der Waals surface area contributed by atoms with Crippen molar-refractivity contribution < 1.29 is 14.6 Å². The Hall–Kier alpha value is -0.830. The van der Waals surface area contributed by atoms with Crippen LogP contribution in [0.15, 0.2) is 12.2 Å². The zero-order valence-electron chi connectivity index (χ0n) is 7.75. The lowest BCUT2D eigenvalue weighted by atomic mass is 9.88. The van der Waals surface area contributed by atoms with E-state index in [0.29, 0.717) is 12.0 Å². The van der Waals surface area contributed by atoms with E-state index in [4.69, 9.17) is 4.74 Å². The molecule has 72 valence electrons. The van der Waals surface area contributed by atoms with E-state index in [1.54, 1.807) is 0 Å². The van der Waals surface area contributed by atoms with Crippen LogP contribution in [-0.2, 0) is 9.53 Å². The second kappa shape index (κ2) is 2.58. The molecular weight excluding hydrogens is 168 g/mol. The van der Waals surface area contributed by atoms with Crippen LogP contribution in [0.5, 0.6) is 0 Å². The Morgan fingerprint density at radius 1 is 1.69 bits per heavy atom. The standard InChI is InChI=1S/C10H14O3/c1-6-5-10(13-9(6)12)4-3-8(11)7(10)2/h7-8,11H,1,3-5H2,2H3. The molecule has 2 aliphatic rings. The van der Waals surface area contributed by atoms with Crippen molar-refractivity contribution in [1.82, 2.24) is 0 Å². The van der Waals surface area contributed by atoms with E-state index < -0.39 is 5.60 Å². The molecule has 1 heterocycles. The summed E-state index contributed by atoms with van der Waals surface area (Å²) in [5.41, 5.74) is 0.106. The molecule has 0 aromatic heterocycles. The fourth-order valence-electron chi connectivity index (χ4n) is 2.34. The molecule has 1 aliphatic carbocycles. The van der Waals surface area contributed by atoms with Gasteiger partial charge in [0.15, 0.2) is 0 Å². The van der Waals surface area contributed by atoms with Gasteiger partial charge in [-0.05, 0) is 12.8 Å². The largest absolute Gasteiger partial charge is 0.455 e. The van der Waals surface area contributed by atoms with E-state index in [0.717, 1.165) is 12.8 Å². The van der Waals surface area contributed by atoms with Gasteiger partial charge < -0.3 is 9.84 Å². The summed E-state index contributed by atoms with van der Waals surface area (Å²) >= 11 is 0. The Morgan fingerprint density at radius 3 is 2.77 bits per heavy atom. The molecular formula is C10H14O3. The Bertz CT molecular complexity index is 253. The van der Waals surface area contributed by atoms with Crippen molar-refractivity contribution >= 4 is 5.97 Å². The first-order valence-electron chi connectivity index (χ1n) is 4.64. The molecule has 2 rings (SSSR count). The average Bonchev–Trinajstić information content (AvgIpc) is 2.50. The molecule has 1 saturated carbocycles. The second-order valence-electron chi connectivity index (χ2n) is 4.13. The van der Waals surface area contributed by atoms with Gasteiger partial charge in [-0.2, -0.15) is 0 Å². The number of hydrogen-bond acceptors (Lipinski definition) is 3. The molecule has 0 amide bonds. The van der Waals surface area contributed by atoms with Crippen LogP contribution in [0.3, 0.4) is 0 Å². The summed E-state index contributed by atoms with van der Waals surface area (Å²) in [6, 6.07) is 0. The van der Waals surface area contributed by atoms with Crippen LogP contribution in [-0.4, -0.2) is 22.8 Å². The van der Waals surface area contributed by atoms with E-state index in [1.807, 2.05) is 6.92 Å². The topological polar surface area (TPSA) is 46.5 Å². The highest BCUT2D eigenvalue weighted by Crippen LogP contribution is 2.46. The van der Waals surface area contributed by atoms with Crippen LogP contribution >= 0.6 is 0 Å².